The highest BCUT2D eigenvalue weighted by atomic mass is 32.5. The van der Waals surface area contributed by atoms with E-state index in [9.17, 15) is 0 Å². The summed E-state index contributed by atoms with van der Waals surface area (Å²) in [4.78, 5) is 0. The predicted octanol–water partition coefficient (Wildman–Crippen LogP) is 13.9. The van der Waals surface area contributed by atoms with Crippen LogP contribution in [0.3, 0.4) is 0 Å². The summed E-state index contributed by atoms with van der Waals surface area (Å²) in [6, 6.07) is 14.9. The summed E-state index contributed by atoms with van der Waals surface area (Å²) >= 11 is 0. The van der Waals surface area contributed by atoms with Crippen molar-refractivity contribution in [3.8, 4) is 0 Å². The Bertz CT molecular complexity index is 644. The zero-order valence-corrected chi connectivity index (χ0v) is 41.3. The van der Waals surface area contributed by atoms with E-state index < -0.39 is 50.1 Å². The van der Waals surface area contributed by atoms with Crippen LogP contribution in [0.25, 0.3) is 0 Å². The minimum Gasteiger partial charge on any atom is -0.439 e. The van der Waals surface area contributed by atoms with Gasteiger partial charge in [0.25, 0.3) is 0 Å². The zero-order chi connectivity index (χ0) is 35.7. The van der Waals surface area contributed by atoms with Gasteiger partial charge in [0.2, 0.25) is 14.9 Å². The van der Waals surface area contributed by atoms with Gasteiger partial charge in [-0.3, -0.25) is 0 Å². The summed E-state index contributed by atoms with van der Waals surface area (Å²) in [6.45, 7) is 28.6. The van der Waals surface area contributed by atoms with Gasteiger partial charge in [-0.2, -0.15) is 10.7 Å². The highest BCUT2D eigenvalue weighted by Crippen LogP contribution is 2.49. The third-order valence-electron chi connectivity index (χ3n) is 9.37. The van der Waals surface area contributed by atoms with Crippen LogP contribution in [0.1, 0.15) is 160 Å². The average Bonchev–Trinajstić information content (AvgIpc) is 2.98. The van der Waals surface area contributed by atoms with Crippen LogP contribution < -0.4 is 0 Å². The fourth-order valence-corrected chi connectivity index (χ4v) is 59.4. The van der Waals surface area contributed by atoms with Crippen molar-refractivity contribution >= 4 is 60.8 Å². The molecule has 0 aromatic rings. The molecule has 0 atom stereocenters. The van der Waals surface area contributed by atoms with E-state index >= 15 is 0 Å². The van der Waals surface area contributed by atoms with Crippen LogP contribution in [0.5, 0.6) is 0 Å². The summed E-state index contributed by atoms with van der Waals surface area (Å²) in [5.41, 5.74) is 0. The van der Waals surface area contributed by atoms with E-state index in [-0.39, 0.29) is 0 Å². The Balaban J connectivity index is 7.32. The molecule has 0 saturated carbocycles. The molecule has 47 heavy (non-hydrogen) atoms. The normalized spacial score (nSPS) is 13.4. The summed E-state index contributed by atoms with van der Waals surface area (Å²) in [5.74, 6) is 0. The monoisotopic (exact) mass is 782 g/mol. The van der Waals surface area contributed by atoms with E-state index in [1.54, 1.807) is 0 Å². The summed E-state index contributed by atoms with van der Waals surface area (Å²) < 4.78 is 31.5. The maximum Gasteiger partial charge on any atom is 0.317 e. The van der Waals surface area contributed by atoms with Gasteiger partial charge in [-0.25, -0.2) is 0 Å². The maximum absolute atomic E-state index is 8.14. The van der Waals surface area contributed by atoms with Crippen molar-refractivity contribution in [1.29, 1.82) is 0 Å². The molecule has 0 aliphatic rings. The molecule has 284 valence electrons. The summed E-state index contributed by atoms with van der Waals surface area (Å²) in [7, 11) is -9.41. The SMILES string of the molecule is CCC[SiH](CCC)O[Si](CCC)(CCC)O[Si](CCC)(CCC)S[Si](CCC)(CCC)O[Si](CCC)(CCC)O[SiH](CCC)CCC. The molecule has 0 fully saturated rings. The van der Waals surface area contributed by atoms with Crippen LogP contribution in [-0.4, -0.2) is 50.1 Å². The molecule has 0 aliphatic carbocycles. The smallest absolute Gasteiger partial charge is 0.317 e. The number of hydrogen-bond donors (Lipinski definition) is 0. The Labute approximate surface area is 308 Å². The molecule has 0 aliphatic heterocycles. The summed E-state index contributed by atoms with van der Waals surface area (Å²) in [5, 5.41) is 0. The predicted molar refractivity (Wildman–Crippen MR) is 230 cm³/mol. The van der Waals surface area contributed by atoms with E-state index in [0.29, 0.717) is 0 Å². The fraction of sp³-hybridized carbons (Fsp3) is 1.00. The minimum absolute atomic E-state index is 1.17. The fourth-order valence-electron chi connectivity index (χ4n) is 7.92. The molecular formula is C36H86O4SSi6. The van der Waals surface area contributed by atoms with Crippen LogP contribution >= 0.6 is 10.7 Å². The van der Waals surface area contributed by atoms with Gasteiger partial charge in [0.15, 0.2) is 18.1 Å². The molecule has 0 radical (unpaired) electrons. The molecule has 0 amide bonds. The Morgan fingerprint density at radius 2 is 0.574 bits per heavy atom. The van der Waals surface area contributed by atoms with E-state index in [2.05, 4.69) is 93.7 Å². The molecule has 4 nitrogen and oxygen atoms in total. The standard InChI is InChI=1S/C36H86O4SSi6/c1-13-25-42(26-14-2)37-44(29-17-5,30-18-6)39-46(33-21-9,34-22-10)41-47(35-23-11,36-24-12)40-45(31-19-7,32-20-8)38-43(27-15-3)28-16-4/h42-43H,13-36H2,1-12H3. The molecule has 0 saturated heterocycles. The minimum atomic E-state index is -2.37. The van der Waals surface area contributed by atoms with Crippen LogP contribution in [0, 0.1) is 0 Å². The topological polar surface area (TPSA) is 36.9 Å². The van der Waals surface area contributed by atoms with Gasteiger partial charge in [0.05, 0.1) is 0 Å². The molecular weight excluding hydrogens is 697 g/mol. The largest absolute Gasteiger partial charge is 0.439 e. The van der Waals surface area contributed by atoms with Crippen LogP contribution in [0.2, 0.25) is 72.5 Å². The Morgan fingerprint density at radius 3 is 0.766 bits per heavy atom. The van der Waals surface area contributed by atoms with Gasteiger partial charge >= 0.3 is 17.1 Å². The highest BCUT2D eigenvalue weighted by molar-refractivity contribution is 8.49. The lowest BCUT2D eigenvalue weighted by Crippen LogP contribution is -2.59. The van der Waals surface area contributed by atoms with E-state index in [0.717, 1.165) is 0 Å². The second-order valence-electron chi connectivity index (χ2n) is 14.6. The first-order chi connectivity index (χ1) is 22.6. The first-order valence-corrected chi connectivity index (χ1v) is 36.6. The third kappa shape index (κ3) is 18.2. The van der Waals surface area contributed by atoms with Crippen molar-refractivity contribution in [1.82, 2.24) is 0 Å². The average molecular weight is 784 g/mol. The van der Waals surface area contributed by atoms with Crippen molar-refractivity contribution < 1.29 is 16.5 Å². The third-order valence-corrected chi connectivity index (χ3v) is 50.0. The van der Waals surface area contributed by atoms with Gasteiger partial charge in [-0.1, -0.05) is 160 Å². The van der Waals surface area contributed by atoms with Crippen LogP contribution in [-0.2, 0) is 16.5 Å². The lowest BCUT2D eigenvalue weighted by Gasteiger charge is -2.49. The van der Waals surface area contributed by atoms with Crippen molar-refractivity contribution in [3.05, 3.63) is 0 Å². The highest BCUT2D eigenvalue weighted by Gasteiger charge is 2.55. The van der Waals surface area contributed by atoms with Crippen LogP contribution in [0.15, 0.2) is 0 Å². The molecule has 0 bridgehead atoms. The molecule has 0 aromatic heterocycles. The van der Waals surface area contributed by atoms with Crippen molar-refractivity contribution in [3.63, 3.8) is 0 Å². The van der Waals surface area contributed by atoms with Crippen LogP contribution in [0.4, 0.5) is 0 Å². The second-order valence-corrected chi connectivity index (χ2v) is 41.3. The van der Waals surface area contributed by atoms with E-state index in [1.165, 1.54) is 150 Å². The van der Waals surface area contributed by atoms with Gasteiger partial charge in [-0.05, 0) is 72.5 Å². The first kappa shape index (κ1) is 48.5. The van der Waals surface area contributed by atoms with E-state index in [4.69, 9.17) is 16.5 Å². The van der Waals surface area contributed by atoms with Gasteiger partial charge in [-0.15, -0.1) is 0 Å². The maximum atomic E-state index is 8.14. The Hall–Kier alpha value is 1.49. The van der Waals surface area contributed by atoms with Gasteiger partial charge in [0.1, 0.15) is 0 Å². The molecule has 11 heteroatoms. The molecule has 0 spiro atoms. The van der Waals surface area contributed by atoms with Gasteiger partial charge < -0.3 is 16.5 Å². The lowest BCUT2D eigenvalue weighted by atomic mass is 10.6. The quantitative estimate of drug-likeness (QED) is 0.0608. The molecule has 0 rings (SSSR count). The number of rotatable bonds is 34. The Morgan fingerprint density at radius 1 is 0.340 bits per heavy atom. The molecule has 0 unspecified atom stereocenters. The first-order valence-electron chi connectivity index (χ1n) is 21.1. The molecule has 0 N–H and O–H groups in total. The molecule has 0 heterocycles. The van der Waals surface area contributed by atoms with Crippen molar-refractivity contribution in [2.45, 2.75) is 233 Å². The Kier molecular flexibility index (Phi) is 28.9. The van der Waals surface area contributed by atoms with E-state index in [1.807, 2.05) is 0 Å². The zero-order valence-electron chi connectivity index (χ0n) is 34.2. The summed E-state index contributed by atoms with van der Waals surface area (Å²) in [6.07, 6.45) is 14.6. The van der Waals surface area contributed by atoms with Crippen molar-refractivity contribution in [2.75, 3.05) is 0 Å². The second kappa shape index (κ2) is 28.1. The van der Waals surface area contributed by atoms with Gasteiger partial charge in [0, 0.05) is 0 Å². The molecule has 0 aromatic carbocycles. The number of hydrogen-bond acceptors (Lipinski definition) is 5. The lowest BCUT2D eigenvalue weighted by molar-refractivity contribution is 0.370. The van der Waals surface area contributed by atoms with Crippen molar-refractivity contribution in [2.24, 2.45) is 0 Å².